The molecule has 0 saturated carbocycles. The lowest BCUT2D eigenvalue weighted by atomic mass is 9.96. The summed E-state index contributed by atoms with van der Waals surface area (Å²) in [5.41, 5.74) is 3.34. The number of rotatable bonds is 5. The first kappa shape index (κ1) is 28.7. The zero-order valence-electron chi connectivity index (χ0n) is 19.5. The molecule has 1 aromatic heterocycles. The smallest absolute Gasteiger partial charge is 0.406 e. The molecule has 0 radical (unpaired) electrons. The van der Waals surface area contributed by atoms with Crippen LogP contribution < -0.4 is 16.4 Å². The Balaban J connectivity index is 0.00000129. The van der Waals surface area contributed by atoms with E-state index in [1.807, 2.05) is 20.8 Å². The Kier molecular flexibility index (Phi) is 9.33. The molecule has 0 bridgehead atoms. The number of nitrogens with one attached hydrogen (secondary N) is 2. The van der Waals surface area contributed by atoms with E-state index in [9.17, 15) is 19.3 Å². The second kappa shape index (κ2) is 11.0. The standard InChI is InChI=1S/C18H28N3O8PS.CH3NS/c1-10(14(23)26-9-17(2,3)4)20-30(25)27-8-11-13(29-30)18(5,24)15(28-11)21-7-6-12(22)19-16(21)31;2-1-3/h6-7,10-11,13,15,24H,8-9H2,1-5H3,(H,20,25)(H,19,22,31);1H,(H2,2,3). The van der Waals surface area contributed by atoms with Gasteiger partial charge in [-0.25, -0.2) is 9.65 Å². The van der Waals surface area contributed by atoms with E-state index < -0.39 is 49.4 Å². The Bertz CT molecular complexity index is 1050. The van der Waals surface area contributed by atoms with Crippen LogP contribution in [0, 0.1) is 10.2 Å². The number of aromatic nitrogens is 2. The number of hydrogen-bond donors (Lipinski definition) is 4. The zero-order chi connectivity index (χ0) is 25.9. The number of H-pyrrole nitrogens is 1. The second-order valence-electron chi connectivity index (χ2n) is 9.24. The molecular weight excluding hydrogens is 507 g/mol. The van der Waals surface area contributed by atoms with Crippen molar-refractivity contribution in [2.75, 3.05) is 13.2 Å². The summed E-state index contributed by atoms with van der Waals surface area (Å²) in [5.74, 6) is -0.605. The molecule has 0 spiro atoms. The van der Waals surface area contributed by atoms with Crippen LogP contribution in [0.15, 0.2) is 17.1 Å². The largest absolute Gasteiger partial charge is 0.464 e. The SMILES string of the molecule is CC(NP1(=O)OCC2OC(n3ccc(=O)[nH]c3=S)C(C)(O)C2O1)C(=O)OCC(C)(C)C.NC=S. The first-order valence-corrected chi connectivity index (χ1v) is 12.8. The molecule has 192 valence electrons. The number of nitrogens with zero attached hydrogens (tertiary/aromatic N) is 1. The van der Waals surface area contributed by atoms with Gasteiger partial charge in [-0.3, -0.25) is 28.2 Å². The van der Waals surface area contributed by atoms with Gasteiger partial charge in [-0.05, 0) is 31.5 Å². The molecule has 15 heteroatoms. The molecule has 3 rings (SSSR count). The first-order valence-electron chi connectivity index (χ1n) is 10.4. The molecule has 2 aliphatic rings. The molecule has 12 nitrogen and oxygen atoms in total. The van der Waals surface area contributed by atoms with Crippen LogP contribution in [-0.4, -0.2) is 63.2 Å². The van der Waals surface area contributed by atoms with Crippen LogP contribution in [0.3, 0.4) is 0 Å². The third-order valence-corrected chi connectivity index (χ3v) is 6.85. The molecule has 0 aliphatic carbocycles. The lowest BCUT2D eigenvalue weighted by molar-refractivity contribution is -0.148. The summed E-state index contributed by atoms with van der Waals surface area (Å²) in [7, 11) is -3.96. The van der Waals surface area contributed by atoms with Crippen LogP contribution >= 0.6 is 32.2 Å². The number of hydrogen-bond acceptors (Lipinski definition) is 10. The average molecular weight is 539 g/mol. The van der Waals surface area contributed by atoms with Crippen molar-refractivity contribution in [3.05, 3.63) is 27.4 Å². The number of esters is 1. The highest BCUT2D eigenvalue weighted by Gasteiger charge is 2.59. The molecule has 3 heterocycles. The summed E-state index contributed by atoms with van der Waals surface area (Å²) in [4.78, 5) is 26.1. The molecule has 6 unspecified atom stereocenters. The monoisotopic (exact) mass is 538 g/mol. The maximum atomic E-state index is 13.1. The summed E-state index contributed by atoms with van der Waals surface area (Å²) >= 11 is 9.20. The number of ether oxygens (including phenoxy) is 2. The van der Waals surface area contributed by atoms with Gasteiger partial charge >= 0.3 is 13.7 Å². The van der Waals surface area contributed by atoms with Crippen molar-refractivity contribution in [3.8, 4) is 0 Å². The normalized spacial score (nSPS) is 31.5. The Morgan fingerprint density at radius 2 is 2.18 bits per heavy atom. The molecule has 1 aromatic rings. The van der Waals surface area contributed by atoms with E-state index in [0.29, 0.717) is 0 Å². The van der Waals surface area contributed by atoms with E-state index in [1.165, 1.54) is 30.7 Å². The number of thiocarbonyl (C=S) groups is 1. The fraction of sp³-hybridized carbons (Fsp3) is 0.684. The fourth-order valence-corrected chi connectivity index (χ4v) is 5.30. The number of carbonyl (C=O) groups excluding carboxylic acids is 1. The number of carbonyl (C=O) groups is 1. The molecule has 2 aliphatic heterocycles. The summed E-state index contributed by atoms with van der Waals surface area (Å²) in [5, 5.41) is 13.7. The van der Waals surface area contributed by atoms with Crippen LogP contribution in [0.5, 0.6) is 0 Å². The Labute approximate surface area is 207 Å². The molecule has 0 aromatic carbocycles. The van der Waals surface area contributed by atoms with Gasteiger partial charge in [-0.1, -0.05) is 33.0 Å². The van der Waals surface area contributed by atoms with Gasteiger partial charge in [0.2, 0.25) is 0 Å². The summed E-state index contributed by atoms with van der Waals surface area (Å²) in [6.45, 7) is 8.73. The van der Waals surface area contributed by atoms with Gasteiger partial charge in [-0.2, -0.15) is 0 Å². The van der Waals surface area contributed by atoms with Gasteiger partial charge in [0.15, 0.2) is 11.0 Å². The average Bonchev–Trinajstić information content (AvgIpc) is 2.96. The lowest BCUT2D eigenvalue weighted by Crippen LogP contribution is -2.49. The van der Waals surface area contributed by atoms with Gasteiger partial charge < -0.3 is 20.3 Å². The summed E-state index contributed by atoms with van der Waals surface area (Å²) in [6.07, 6.45) is -1.42. The van der Waals surface area contributed by atoms with Crippen molar-refractivity contribution in [3.63, 3.8) is 0 Å². The molecule has 2 fully saturated rings. The van der Waals surface area contributed by atoms with E-state index in [-0.39, 0.29) is 23.4 Å². The molecule has 6 atom stereocenters. The van der Waals surface area contributed by atoms with Gasteiger partial charge in [-0.15, -0.1) is 0 Å². The Hall–Kier alpha value is -1.51. The van der Waals surface area contributed by atoms with E-state index in [0.717, 1.165) is 5.49 Å². The third kappa shape index (κ3) is 7.01. The topological polar surface area (TPSA) is 167 Å². The maximum absolute atomic E-state index is 13.1. The van der Waals surface area contributed by atoms with Crippen molar-refractivity contribution in [2.45, 2.75) is 64.7 Å². The number of aromatic amines is 1. The van der Waals surface area contributed by atoms with Gasteiger partial charge in [0.1, 0.15) is 23.9 Å². The van der Waals surface area contributed by atoms with E-state index in [4.69, 9.17) is 30.7 Å². The highest BCUT2D eigenvalue weighted by Crippen LogP contribution is 2.55. The minimum absolute atomic E-state index is 0.0499. The van der Waals surface area contributed by atoms with Crippen LogP contribution in [0.2, 0.25) is 0 Å². The van der Waals surface area contributed by atoms with Crippen LogP contribution in [0.4, 0.5) is 0 Å². The Morgan fingerprint density at radius 3 is 2.74 bits per heavy atom. The second-order valence-corrected chi connectivity index (χ2v) is 11.6. The predicted molar refractivity (Wildman–Crippen MR) is 130 cm³/mol. The fourth-order valence-electron chi connectivity index (χ4n) is 3.27. The van der Waals surface area contributed by atoms with E-state index in [1.54, 1.807) is 0 Å². The van der Waals surface area contributed by atoms with Crippen molar-refractivity contribution < 1.29 is 33.0 Å². The zero-order valence-corrected chi connectivity index (χ0v) is 22.1. The van der Waals surface area contributed by atoms with Crippen molar-refractivity contribution in [1.82, 2.24) is 14.6 Å². The highest BCUT2D eigenvalue weighted by molar-refractivity contribution is 7.78. The molecule has 5 N–H and O–H groups in total. The minimum Gasteiger partial charge on any atom is -0.464 e. The van der Waals surface area contributed by atoms with Crippen LogP contribution in [0.25, 0.3) is 0 Å². The van der Waals surface area contributed by atoms with Crippen molar-refractivity contribution >= 4 is 43.6 Å². The lowest BCUT2D eigenvalue weighted by Gasteiger charge is -2.36. The predicted octanol–water partition coefficient (Wildman–Crippen LogP) is 1.55. The molecule has 0 amide bonds. The Morgan fingerprint density at radius 1 is 1.56 bits per heavy atom. The molecule has 34 heavy (non-hydrogen) atoms. The van der Waals surface area contributed by atoms with Gasteiger partial charge in [0.05, 0.1) is 18.7 Å². The van der Waals surface area contributed by atoms with E-state index >= 15 is 0 Å². The van der Waals surface area contributed by atoms with Crippen LogP contribution in [0.1, 0.15) is 40.8 Å². The van der Waals surface area contributed by atoms with Crippen LogP contribution in [-0.2, 0) is 27.9 Å². The number of aliphatic hydroxyl groups is 1. The summed E-state index contributed by atoms with van der Waals surface area (Å²) < 4.78 is 36.6. The van der Waals surface area contributed by atoms with E-state index in [2.05, 4.69) is 28.0 Å². The third-order valence-electron chi connectivity index (χ3n) is 4.84. The maximum Gasteiger partial charge on any atom is 0.406 e. The van der Waals surface area contributed by atoms with Crippen molar-refractivity contribution in [1.29, 1.82) is 0 Å². The number of fused-ring (bicyclic) bond motifs is 1. The number of nitrogens with two attached hydrogens (primary N) is 1. The quantitative estimate of drug-likeness (QED) is 0.243. The first-order chi connectivity index (χ1) is 15.6. The van der Waals surface area contributed by atoms with Gasteiger partial charge in [0.25, 0.3) is 5.56 Å². The highest BCUT2D eigenvalue weighted by atomic mass is 32.1. The minimum atomic E-state index is -3.96. The van der Waals surface area contributed by atoms with Crippen molar-refractivity contribution in [2.24, 2.45) is 11.1 Å². The summed E-state index contributed by atoms with van der Waals surface area (Å²) in [6, 6.07) is 0.270. The molecular formula is C19H31N4O8PS2. The van der Waals surface area contributed by atoms with Gasteiger partial charge in [0, 0.05) is 12.3 Å². The molecule has 2 saturated heterocycles.